The predicted molar refractivity (Wildman–Crippen MR) is 83.1 cm³/mol. The van der Waals surface area contributed by atoms with Crippen LogP contribution < -0.4 is 5.32 Å². The average molecular weight is 331 g/mol. The highest BCUT2D eigenvalue weighted by atomic mass is 19.1. The van der Waals surface area contributed by atoms with Gasteiger partial charge in [0.15, 0.2) is 6.61 Å². The number of rotatable bonds is 5. The number of esters is 2. The summed E-state index contributed by atoms with van der Waals surface area (Å²) in [6.07, 6.45) is 0. The van der Waals surface area contributed by atoms with Gasteiger partial charge in [-0.2, -0.15) is 0 Å². The molecule has 0 bridgehead atoms. The van der Waals surface area contributed by atoms with Crippen LogP contribution in [0.3, 0.4) is 0 Å². The van der Waals surface area contributed by atoms with Crippen LogP contribution in [0.15, 0.2) is 48.5 Å². The maximum atomic E-state index is 13.0. The van der Waals surface area contributed by atoms with Crippen molar-refractivity contribution in [3.63, 3.8) is 0 Å². The Kier molecular flexibility index (Phi) is 5.62. The second kappa shape index (κ2) is 7.87. The lowest BCUT2D eigenvalue weighted by Gasteiger charge is -2.09. The number of ether oxygens (including phenoxy) is 2. The van der Waals surface area contributed by atoms with Gasteiger partial charge in [-0.05, 0) is 30.3 Å². The lowest BCUT2D eigenvalue weighted by atomic mass is 10.1. The molecule has 0 aliphatic carbocycles. The zero-order valence-corrected chi connectivity index (χ0v) is 12.7. The van der Waals surface area contributed by atoms with Crippen LogP contribution in [0.5, 0.6) is 0 Å². The lowest BCUT2D eigenvalue weighted by molar-refractivity contribution is -0.119. The Bertz CT molecular complexity index is 775. The number of nitrogens with one attached hydrogen (secondary N) is 1. The fourth-order valence-corrected chi connectivity index (χ4v) is 1.92. The second-order valence-corrected chi connectivity index (χ2v) is 4.67. The quantitative estimate of drug-likeness (QED) is 0.851. The predicted octanol–water partition coefficient (Wildman–Crippen LogP) is 2.41. The monoisotopic (exact) mass is 331 g/mol. The summed E-state index contributed by atoms with van der Waals surface area (Å²) in [4.78, 5) is 35.4. The van der Waals surface area contributed by atoms with E-state index in [0.29, 0.717) is 0 Å². The second-order valence-electron chi connectivity index (χ2n) is 4.67. The van der Waals surface area contributed by atoms with Crippen molar-refractivity contribution in [2.45, 2.75) is 0 Å². The number of benzene rings is 2. The zero-order chi connectivity index (χ0) is 17.5. The van der Waals surface area contributed by atoms with E-state index in [1.165, 1.54) is 37.4 Å². The molecule has 0 aromatic heterocycles. The number of hydrogen-bond acceptors (Lipinski definition) is 5. The van der Waals surface area contributed by atoms with Crippen LogP contribution in [0.25, 0.3) is 0 Å². The molecule has 1 N–H and O–H groups in total. The Labute approximate surface area is 137 Å². The molecule has 1 amide bonds. The number of halogens is 1. The molecule has 2 aromatic rings. The average Bonchev–Trinajstić information content (AvgIpc) is 2.59. The van der Waals surface area contributed by atoms with Crippen LogP contribution in [0.4, 0.5) is 10.1 Å². The van der Waals surface area contributed by atoms with E-state index in [0.717, 1.165) is 6.07 Å². The molecule has 6 nitrogen and oxygen atoms in total. The van der Waals surface area contributed by atoms with Gasteiger partial charge in [0, 0.05) is 5.69 Å². The number of amides is 1. The summed E-state index contributed by atoms with van der Waals surface area (Å²) in [6.45, 7) is -0.579. The van der Waals surface area contributed by atoms with Gasteiger partial charge in [-0.25, -0.2) is 14.0 Å². The molecule has 0 saturated carbocycles. The summed E-state index contributed by atoms with van der Waals surface area (Å²) in [7, 11) is 1.19. The molecule has 0 aliphatic rings. The third kappa shape index (κ3) is 4.39. The molecular formula is C17H14FNO5. The Morgan fingerprint density at radius 1 is 1.00 bits per heavy atom. The molecule has 0 aliphatic heterocycles. The van der Waals surface area contributed by atoms with Gasteiger partial charge in [-0.1, -0.05) is 18.2 Å². The summed E-state index contributed by atoms with van der Waals surface area (Å²) in [5.41, 5.74) is 0.268. The summed E-state index contributed by atoms with van der Waals surface area (Å²) >= 11 is 0. The van der Waals surface area contributed by atoms with Gasteiger partial charge in [0.1, 0.15) is 5.82 Å². The first-order chi connectivity index (χ1) is 11.5. The van der Waals surface area contributed by atoms with Gasteiger partial charge in [-0.3, -0.25) is 4.79 Å². The van der Waals surface area contributed by atoms with E-state index < -0.39 is 30.3 Å². The Morgan fingerprint density at radius 2 is 1.67 bits per heavy atom. The topological polar surface area (TPSA) is 81.7 Å². The maximum absolute atomic E-state index is 13.0. The summed E-state index contributed by atoms with van der Waals surface area (Å²) in [5.74, 6) is -2.67. The molecule has 0 saturated heterocycles. The van der Waals surface area contributed by atoms with Crippen LogP contribution >= 0.6 is 0 Å². The number of carbonyl (C=O) groups excluding carboxylic acids is 3. The third-order valence-corrected chi connectivity index (χ3v) is 3.00. The van der Waals surface area contributed by atoms with E-state index in [-0.39, 0.29) is 16.8 Å². The molecule has 24 heavy (non-hydrogen) atoms. The SMILES string of the molecule is COC(=O)c1ccccc1C(=O)OCC(=O)Nc1cccc(F)c1. The Balaban J connectivity index is 1.98. The van der Waals surface area contributed by atoms with E-state index in [1.54, 1.807) is 12.1 Å². The van der Waals surface area contributed by atoms with Gasteiger partial charge in [0.05, 0.1) is 18.2 Å². The fraction of sp³-hybridized carbons (Fsp3) is 0.118. The van der Waals surface area contributed by atoms with Gasteiger partial charge >= 0.3 is 11.9 Å². The number of carbonyl (C=O) groups is 3. The molecule has 0 atom stereocenters. The van der Waals surface area contributed by atoms with Crippen molar-refractivity contribution in [2.24, 2.45) is 0 Å². The van der Waals surface area contributed by atoms with Gasteiger partial charge in [-0.15, -0.1) is 0 Å². The Hall–Kier alpha value is -3.22. The van der Waals surface area contributed by atoms with Gasteiger partial charge in [0.2, 0.25) is 0 Å². The van der Waals surface area contributed by atoms with Crippen LogP contribution in [0.1, 0.15) is 20.7 Å². The van der Waals surface area contributed by atoms with Gasteiger partial charge in [0.25, 0.3) is 5.91 Å². The third-order valence-electron chi connectivity index (χ3n) is 3.00. The highest BCUT2D eigenvalue weighted by molar-refractivity contribution is 6.04. The molecule has 7 heteroatoms. The van der Waals surface area contributed by atoms with Gasteiger partial charge < -0.3 is 14.8 Å². The van der Waals surface area contributed by atoms with Crippen molar-refractivity contribution in [1.82, 2.24) is 0 Å². The summed E-state index contributed by atoms with van der Waals surface area (Å²) in [5, 5.41) is 2.39. The molecule has 2 rings (SSSR count). The number of methoxy groups -OCH3 is 1. The van der Waals surface area contributed by atoms with Crippen molar-refractivity contribution in [3.8, 4) is 0 Å². The van der Waals surface area contributed by atoms with E-state index in [9.17, 15) is 18.8 Å². The van der Waals surface area contributed by atoms with Crippen LogP contribution in [-0.4, -0.2) is 31.6 Å². The largest absolute Gasteiger partial charge is 0.465 e. The zero-order valence-electron chi connectivity index (χ0n) is 12.7. The smallest absolute Gasteiger partial charge is 0.339 e. The first kappa shape index (κ1) is 17.1. The molecule has 124 valence electrons. The molecule has 0 spiro atoms. The van der Waals surface area contributed by atoms with Crippen LogP contribution in [0.2, 0.25) is 0 Å². The van der Waals surface area contributed by atoms with E-state index in [1.807, 2.05) is 0 Å². The normalized spacial score (nSPS) is 9.92. The minimum Gasteiger partial charge on any atom is -0.465 e. The molecule has 0 radical (unpaired) electrons. The molecule has 0 heterocycles. The van der Waals surface area contributed by atoms with Crippen molar-refractivity contribution in [1.29, 1.82) is 0 Å². The van der Waals surface area contributed by atoms with E-state index in [4.69, 9.17) is 4.74 Å². The number of anilines is 1. The van der Waals surface area contributed by atoms with Crippen LogP contribution in [-0.2, 0) is 14.3 Å². The van der Waals surface area contributed by atoms with Crippen molar-refractivity contribution >= 4 is 23.5 Å². The van der Waals surface area contributed by atoms with E-state index >= 15 is 0 Å². The van der Waals surface area contributed by atoms with Crippen molar-refractivity contribution < 1.29 is 28.2 Å². The first-order valence-corrected chi connectivity index (χ1v) is 6.91. The Morgan fingerprint density at radius 3 is 2.29 bits per heavy atom. The van der Waals surface area contributed by atoms with Crippen molar-refractivity contribution in [3.05, 3.63) is 65.5 Å². The standard InChI is InChI=1S/C17H14FNO5/c1-23-16(21)13-7-2-3-8-14(13)17(22)24-10-15(20)19-12-6-4-5-11(18)9-12/h2-9H,10H2,1H3,(H,19,20). The molecule has 0 fully saturated rings. The lowest BCUT2D eigenvalue weighted by Crippen LogP contribution is -2.22. The molecule has 0 unspecified atom stereocenters. The highest BCUT2D eigenvalue weighted by Gasteiger charge is 2.19. The number of hydrogen-bond donors (Lipinski definition) is 1. The summed E-state index contributed by atoms with van der Waals surface area (Å²) in [6, 6.07) is 11.2. The van der Waals surface area contributed by atoms with E-state index in [2.05, 4.69) is 10.1 Å². The minimum atomic E-state index is -0.842. The molecular weight excluding hydrogens is 317 g/mol. The maximum Gasteiger partial charge on any atom is 0.339 e. The summed E-state index contributed by atoms with van der Waals surface area (Å²) < 4.78 is 22.5. The first-order valence-electron chi connectivity index (χ1n) is 6.91. The fourth-order valence-electron chi connectivity index (χ4n) is 1.92. The molecule has 2 aromatic carbocycles. The minimum absolute atomic E-state index is 0.0112. The highest BCUT2D eigenvalue weighted by Crippen LogP contribution is 2.12. The van der Waals surface area contributed by atoms with Crippen LogP contribution in [0, 0.1) is 5.82 Å². The van der Waals surface area contributed by atoms with Crippen molar-refractivity contribution in [2.75, 3.05) is 19.0 Å².